The lowest BCUT2D eigenvalue weighted by atomic mass is 9.96. The van der Waals surface area contributed by atoms with Crippen molar-refractivity contribution >= 4 is 55.5 Å². The van der Waals surface area contributed by atoms with Crippen LogP contribution in [0.2, 0.25) is 0 Å². The number of carbonyl (C=O) groups excluding carboxylic acids is 1. The highest BCUT2D eigenvalue weighted by molar-refractivity contribution is 14.1. The molecule has 1 N–H and O–H groups in total. The zero-order valence-corrected chi connectivity index (χ0v) is 20.2. The summed E-state index contributed by atoms with van der Waals surface area (Å²) in [5.41, 5.74) is -0.0376. The number of nitrogens with zero attached hydrogens (tertiary/aromatic N) is 5. The van der Waals surface area contributed by atoms with Crippen molar-refractivity contribution in [3.05, 3.63) is 29.7 Å². The van der Waals surface area contributed by atoms with Gasteiger partial charge < -0.3 is 15.0 Å². The van der Waals surface area contributed by atoms with Crippen LogP contribution in [0.4, 0.5) is 19.6 Å². The van der Waals surface area contributed by atoms with Gasteiger partial charge in [-0.3, -0.25) is 9.48 Å². The van der Waals surface area contributed by atoms with Crippen LogP contribution < -0.4 is 10.2 Å². The Hall–Kier alpha value is -1.80. The second-order valence-electron chi connectivity index (χ2n) is 8.02. The molecule has 3 aromatic heterocycles. The number of rotatable bonds is 5. The van der Waals surface area contributed by atoms with Crippen LogP contribution in [0.3, 0.4) is 0 Å². The summed E-state index contributed by atoms with van der Waals surface area (Å²) in [6.07, 6.45) is 2.64. The van der Waals surface area contributed by atoms with Gasteiger partial charge in [-0.25, -0.2) is 13.3 Å². The molecule has 3 aromatic rings. The predicted molar refractivity (Wildman–Crippen MR) is 127 cm³/mol. The molecule has 1 saturated heterocycles. The van der Waals surface area contributed by atoms with Crippen LogP contribution >= 0.6 is 33.9 Å². The number of morpholine rings is 1. The van der Waals surface area contributed by atoms with E-state index in [0.29, 0.717) is 22.8 Å². The summed E-state index contributed by atoms with van der Waals surface area (Å²) in [5, 5.41) is 12.2. The molecular weight excluding hydrogens is 553 g/mol. The Balaban J connectivity index is 1.37. The van der Waals surface area contributed by atoms with Gasteiger partial charge in [-0.1, -0.05) is 33.9 Å². The molecule has 0 radical (unpaired) electrons. The third-order valence-electron chi connectivity index (χ3n) is 5.93. The van der Waals surface area contributed by atoms with Gasteiger partial charge in [-0.2, -0.15) is 5.10 Å². The molecule has 0 atom stereocenters. The first-order valence-corrected chi connectivity index (χ1v) is 12.7. The zero-order valence-electron chi connectivity index (χ0n) is 17.2. The smallest absolute Gasteiger partial charge is 0.284 e. The topological polar surface area (TPSA) is 76.7 Å². The summed E-state index contributed by atoms with van der Waals surface area (Å²) < 4.78 is 36.5. The lowest BCUT2D eigenvalue weighted by Crippen LogP contribution is -2.36. The van der Waals surface area contributed by atoms with Crippen LogP contribution in [0.25, 0.3) is 4.83 Å². The molecule has 1 aliphatic carbocycles. The van der Waals surface area contributed by atoms with E-state index in [2.05, 4.69) is 43.0 Å². The summed E-state index contributed by atoms with van der Waals surface area (Å²) in [6.45, 7) is 2.77. The van der Waals surface area contributed by atoms with E-state index in [-0.39, 0.29) is 11.7 Å². The fraction of sp³-hybridized carbons (Fsp3) is 0.550. The Bertz CT molecular complexity index is 1100. The fourth-order valence-corrected chi connectivity index (χ4v) is 5.88. The SMILES string of the molecule is O=C(Nc1cn(C2CCC(I)CC2)nc1C(F)F)c1ccc2sc(N3CCOCC3)nn12. The Kier molecular flexibility index (Phi) is 6.34. The maximum absolute atomic E-state index is 13.7. The first-order chi connectivity index (χ1) is 15.5. The number of amides is 1. The molecule has 2 aliphatic rings. The number of alkyl halides is 3. The molecule has 0 bridgehead atoms. The van der Waals surface area contributed by atoms with Crippen LogP contribution in [0, 0.1) is 0 Å². The molecule has 0 unspecified atom stereocenters. The lowest BCUT2D eigenvalue weighted by Gasteiger charge is -2.25. The lowest BCUT2D eigenvalue weighted by molar-refractivity contribution is 0.101. The molecule has 172 valence electrons. The molecule has 1 aliphatic heterocycles. The molecule has 8 nitrogen and oxygen atoms in total. The van der Waals surface area contributed by atoms with Crippen LogP contribution in [0.5, 0.6) is 0 Å². The van der Waals surface area contributed by atoms with E-state index in [9.17, 15) is 13.6 Å². The van der Waals surface area contributed by atoms with Crippen LogP contribution in [0.15, 0.2) is 18.3 Å². The van der Waals surface area contributed by atoms with Gasteiger partial charge in [0.15, 0.2) is 5.69 Å². The summed E-state index contributed by atoms with van der Waals surface area (Å²) >= 11 is 3.91. The predicted octanol–water partition coefficient (Wildman–Crippen LogP) is 4.54. The highest BCUT2D eigenvalue weighted by Crippen LogP contribution is 2.35. The van der Waals surface area contributed by atoms with Gasteiger partial charge in [0.2, 0.25) is 5.13 Å². The van der Waals surface area contributed by atoms with E-state index < -0.39 is 18.0 Å². The van der Waals surface area contributed by atoms with E-state index in [1.54, 1.807) is 21.5 Å². The van der Waals surface area contributed by atoms with Crippen molar-refractivity contribution in [2.24, 2.45) is 0 Å². The van der Waals surface area contributed by atoms with E-state index >= 15 is 0 Å². The molecule has 0 aromatic carbocycles. The first kappa shape index (κ1) is 22.0. The van der Waals surface area contributed by atoms with Crippen LogP contribution in [0.1, 0.15) is 54.3 Å². The van der Waals surface area contributed by atoms with Gasteiger partial charge in [0.1, 0.15) is 10.5 Å². The molecule has 2 fully saturated rings. The number of fused-ring (bicyclic) bond motifs is 1. The molecule has 32 heavy (non-hydrogen) atoms. The second-order valence-corrected chi connectivity index (χ2v) is 10.8. The van der Waals surface area contributed by atoms with Gasteiger partial charge in [-0.05, 0) is 37.8 Å². The van der Waals surface area contributed by atoms with Gasteiger partial charge in [0.25, 0.3) is 12.3 Å². The number of aromatic nitrogens is 4. The molecule has 0 spiro atoms. The van der Waals surface area contributed by atoms with Crippen molar-refractivity contribution in [3.8, 4) is 0 Å². The quantitative estimate of drug-likeness (QED) is 0.357. The summed E-state index contributed by atoms with van der Waals surface area (Å²) in [7, 11) is 0. The third kappa shape index (κ3) is 4.36. The molecular formula is C20H23F2IN6O2S. The molecule has 1 amide bonds. The largest absolute Gasteiger partial charge is 0.378 e. The van der Waals surface area contributed by atoms with Crippen molar-refractivity contribution in [2.45, 2.75) is 42.1 Å². The number of hydrogen-bond acceptors (Lipinski definition) is 6. The van der Waals surface area contributed by atoms with E-state index in [1.165, 1.54) is 11.3 Å². The Morgan fingerprint density at radius 2 is 1.94 bits per heavy atom. The Morgan fingerprint density at radius 3 is 2.66 bits per heavy atom. The number of hydrogen-bond donors (Lipinski definition) is 1. The average molecular weight is 576 g/mol. The summed E-state index contributed by atoms with van der Waals surface area (Å²) in [5.74, 6) is -0.485. The molecule has 4 heterocycles. The van der Waals surface area contributed by atoms with Gasteiger partial charge in [0.05, 0.1) is 24.9 Å². The van der Waals surface area contributed by atoms with Gasteiger partial charge in [0, 0.05) is 23.2 Å². The number of carbonyl (C=O) groups is 1. The van der Waals surface area contributed by atoms with Crippen molar-refractivity contribution < 1.29 is 18.3 Å². The number of halogens is 3. The summed E-state index contributed by atoms with van der Waals surface area (Å²) in [6, 6.07) is 3.56. The minimum atomic E-state index is -2.77. The molecule has 1 saturated carbocycles. The van der Waals surface area contributed by atoms with Crippen LogP contribution in [-0.4, -0.2) is 55.5 Å². The highest BCUT2D eigenvalue weighted by atomic mass is 127. The second kappa shape index (κ2) is 9.21. The third-order valence-corrected chi connectivity index (χ3v) is 8.22. The minimum Gasteiger partial charge on any atom is -0.378 e. The van der Waals surface area contributed by atoms with Crippen molar-refractivity contribution in [3.63, 3.8) is 0 Å². The van der Waals surface area contributed by atoms with Crippen LogP contribution in [-0.2, 0) is 4.74 Å². The minimum absolute atomic E-state index is 0.0557. The number of ether oxygens (including phenoxy) is 1. The zero-order chi connectivity index (χ0) is 22.2. The summed E-state index contributed by atoms with van der Waals surface area (Å²) in [4.78, 5) is 15.9. The molecule has 12 heteroatoms. The maximum Gasteiger partial charge on any atom is 0.284 e. The number of nitrogens with one attached hydrogen (secondary N) is 1. The Morgan fingerprint density at radius 1 is 1.19 bits per heavy atom. The first-order valence-electron chi connectivity index (χ1n) is 10.6. The van der Waals surface area contributed by atoms with Gasteiger partial charge in [-0.15, -0.1) is 5.10 Å². The monoisotopic (exact) mass is 576 g/mol. The van der Waals surface area contributed by atoms with E-state index in [1.807, 2.05) is 6.07 Å². The van der Waals surface area contributed by atoms with Crippen molar-refractivity contribution in [2.75, 3.05) is 36.5 Å². The van der Waals surface area contributed by atoms with E-state index in [4.69, 9.17) is 4.74 Å². The highest BCUT2D eigenvalue weighted by Gasteiger charge is 2.27. The van der Waals surface area contributed by atoms with Crippen molar-refractivity contribution in [1.82, 2.24) is 19.4 Å². The van der Waals surface area contributed by atoms with Gasteiger partial charge >= 0.3 is 0 Å². The van der Waals surface area contributed by atoms with E-state index in [0.717, 1.165) is 48.7 Å². The number of anilines is 2. The molecule has 5 rings (SSSR count). The standard InChI is InChI=1S/C20H23F2IN6O2S/c21-18(22)17-14(11-28(25-17)13-3-1-12(23)2-4-13)24-19(30)15-5-6-16-29(15)26-20(32-16)27-7-9-31-10-8-27/h5-6,11-13,18H,1-4,7-10H2,(H,24,30). The Labute approximate surface area is 201 Å². The maximum atomic E-state index is 13.7. The fourth-order valence-electron chi connectivity index (χ4n) is 4.18. The normalized spacial score (nSPS) is 22.1. The average Bonchev–Trinajstić information content (AvgIpc) is 3.49. The van der Waals surface area contributed by atoms with Crippen molar-refractivity contribution in [1.29, 1.82) is 0 Å².